The Balaban J connectivity index is 3.85. The minimum Gasteiger partial charge on any atom is -0.481 e. The molecule has 0 saturated heterocycles. The maximum absolute atomic E-state index is 10.8. The zero-order chi connectivity index (χ0) is 12.6. The standard InChI is InChI=1S/C11H22N2O3/c1-12(2)6-4-7-13(3)9-10(5-8-14)11(15)16/h8,10H,4-7,9H2,1-3H3,(H,15,16). The first-order chi connectivity index (χ1) is 7.47. The number of hydrogen-bond donors (Lipinski definition) is 1. The summed E-state index contributed by atoms with van der Waals surface area (Å²) < 4.78 is 0. The number of hydrogen-bond acceptors (Lipinski definition) is 4. The third-order valence-electron chi connectivity index (χ3n) is 2.41. The van der Waals surface area contributed by atoms with Gasteiger partial charge in [-0.25, -0.2) is 0 Å². The van der Waals surface area contributed by atoms with E-state index in [1.165, 1.54) is 0 Å². The number of aliphatic carboxylic acids is 1. The Morgan fingerprint density at radius 3 is 2.38 bits per heavy atom. The molecular formula is C11H22N2O3. The summed E-state index contributed by atoms with van der Waals surface area (Å²) in [6.07, 6.45) is 1.76. The molecule has 0 aliphatic rings. The first-order valence-corrected chi connectivity index (χ1v) is 5.47. The summed E-state index contributed by atoms with van der Waals surface area (Å²) in [5.41, 5.74) is 0. The Morgan fingerprint density at radius 1 is 1.31 bits per heavy atom. The highest BCUT2D eigenvalue weighted by atomic mass is 16.4. The molecule has 1 atom stereocenters. The number of carboxylic acids is 1. The molecule has 0 aromatic carbocycles. The molecule has 0 fully saturated rings. The molecule has 1 N–H and O–H groups in total. The third kappa shape index (κ3) is 7.36. The van der Waals surface area contributed by atoms with Gasteiger partial charge in [-0.3, -0.25) is 4.79 Å². The average Bonchev–Trinajstić information content (AvgIpc) is 2.16. The van der Waals surface area contributed by atoms with E-state index < -0.39 is 11.9 Å². The number of nitrogens with zero attached hydrogens (tertiary/aromatic N) is 2. The highest BCUT2D eigenvalue weighted by Crippen LogP contribution is 2.04. The zero-order valence-electron chi connectivity index (χ0n) is 10.3. The number of aldehydes is 1. The van der Waals surface area contributed by atoms with Gasteiger partial charge in [-0.15, -0.1) is 0 Å². The van der Waals surface area contributed by atoms with E-state index in [1.807, 2.05) is 26.0 Å². The predicted molar refractivity (Wildman–Crippen MR) is 62.5 cm³/mol. The minimum atomic E-state index is -0.897. The number of carboxylic acid groups (broad SMARTS) is 1. The van der Waals surface area contributed by atoms with E-state index in [1.54, 1.807) is 0 Å². The molecule has 0 amide bonds. The van der Waals surface area contributed by atoms with Gasteiger partial charge in [0.25, 0.3) is 0 Å². The quantitative estimate of drug-likeness (QED) is 0.572. The maximum atomic E-state index is 10.8. The first kappa shape index (κ1) is 15.1. The lowest BCUT2D eigenvalue weighted by atomic mass is 10.1. The lowest BCUT2D eigenvalue weighted by Gasteiger charge is -2.21. The molecule has 0 aliphatic carbocycles. The maximum Gasteiger partial charge on any atom is 0.308 e. The smallest absolute Gasteiger partial charge is 0.308 e. The van der Waals surface area contributed by atoms with Crippen molar-refractivity contribution in [3.05, 3.63) is 0 Å². The molecule has 1 unspecified atom stereocenters. The van der Waals surface area contributed by atoms with Crippen LogP contribution in [-0.4, -0.2) is 67.9 Å². The van der Waals surface area contributed by atoms with E-state index in [2.05, 4.69) is 4.90 Å². The van der Waals surface area contributed by atoms with Crippen LogP contribution in [0.2, 0.25) is 0 Å². The topological polar surface area (TPSA) is 60.9 Å². The van der Waals surface area contributed by atoms with E-state index in [0.717, 1.165) is 19.5 Å². The fourth-order valence-corrected chi connectivity index (χ4v) is 1.49. The van der Waals surface area contributed by atoms with Crippen molar-refractivity contribution in [2.45, 2.75) is 12.8 Å². The van der Waals surface area contributed by atoms with Crippen LogP contribution in [0, 0.1) is 5.92 Å². The van der Waals surface area contributed by atoms with Gasteiger partial charge >= 0.3 is 5.97 Å². The fourth-order valence-electron chi connectivity index (χ4n) is 1.49. The number of rotatable bonds is 9. The van der Waals surface area contributed by atoms with Gasteiger partial charge in [0.1, 0.15) is 6.29 Å². The molecule has 0 saturated carbocycles. The van der Waals surface area contributed by atoms with Gasteiger partial charge in [-0.2, -0.15) is 0 Å². The molecule has 5 nitrogen and oxygen atoms in total. The van der Waals surface area contributed by atoms with E-state index in [4.69, 9.17) is 5.11 Å². The van der Waals surface area contributed by atoms with Gasteiger partial charge in [-0.05, 0) is 40.7 Å². The number of carbonyl (C=O) groups excluding carboxylic acids is 1. The molecule has 0 aromatic heterocycles. The summed E-state index contributed by atoms with van der Waals surface area (Å²) in [5.74, 6) is -1.48. The highest BCUT2D eigenvalue weighted by molar-refractivity contribution is 5.73. The van der Waals surface area contributed by atoms with Crippen LogP contribution in [0.25, 0.3) is 0 Å². The molecular weight excluding hydrogens is 208 g/mol. The summed E-state index contributed by atoms with van der Waals surface area (Å²) in [7, 11) is 5.90. The van der Waals surface area contributed by atoms with Crippen LogP contribution < -0.4 is 0 Å². The average molecular weight is 230 g/mol. The second kappa shape index (κ2) is 8.24. The fraction of sp³-hybridized carbons (Fsp3) is 0.818. The molecule has 5 heteroatoms. The van der Waals surface area contributed by atoms with E-state index in [9.17, 15) is 9.59 Å². The van der Waals surface area contributed by atoms with E-state index in [-0.39, 0.29) is 6.42 Å². The Bertz CT molecular complexity index is 219. The second-order valence-electron chi connectivity index (χ2n) is 4.36. The van der Waals surface area contributed by atoms with Crippen molar-refractivity contribution in [1.29, 1.82) is 0 Å². The SMILES string of the molecule is CN(C)CCCN(C)CC(CC=O)C(=O)O. The van der Waals surface area contributed by atoms with Crippen molar-refractivity contribution >= 4 is 12.3 Å². The molecule has 94 valence electrons. The van der Waals surface area contributed by atoms with Crippen molar-refractivity contribution in [3.63, 3.8) is 0 Å². The van der Waals surface area contributed by atoms with Gasteiger partial charge in [0, 0.05) is 13.0 Å². The summed E-state index contributed by atoms with van der Waals surface area (Å²) in [6.45, 7) is 2.26. The Hall–Kier alpha value is -0.940. The minimum absolute atomic E-state index is 0.0906. The molecule has 0 aliphatic heterocycles. The van der Waals surface area contributed by atoms with Crippen LogP contribution in [0.4, 0.5) is 0 Å². The lowest BCUT2D eigenvalue weighted by molar-refractivity contribution is -0.143. The molecule has 0 radical (unpaired) electrons. The molecule has 16 heavy (non-hydrogen) atoms. The Labute approximate surface area is 97.0 Å². The third-order valence-corrected chi connectivity index (χ3v) is 2.41. The molecule has 0 bridgehead atoms. The van der Waals surface area contributed by atoms with Crippen LogP contribution in [0.1, 0.15) is 12.8 Å². The largest absolute Gasteiger partial charge is 0.481 e. The highest BCUT2D eigenvalue weighted by Gasteiger charge is 2.18. The summed E-state index contributed by atoms with van der Waals surface area (Å²) in [5, 5.41) is 8.87. The predicted octanol–water partition coefficient (Wildman–Crippen LogP) is 0.160. The Morgan fingerprint density at radius 2 is 1.94 bits per heavy atom. The van der Waals surface area contributed by atoms with Gasteiger partial charge in [0.05, 0.1) is 5.92 Å². The van der Waals surface area contributed by atoms with E-state index in [0.29, 0.717) is 12.8 Å². The van der Waals surface area contributed by atoms with E-state index >= 15 is 0 Å². The van der Waals surface area contributed by atoms with Crippen LogP contribution in [0.3, 0.4) is 0 Å². The molecule has 0 rings (SSSR count). The van der Waals surface area contributed by atoms with Gasteiger partial charge in [0.15, 0.2) is 0 Å². The van der Waals surface area contributed by atoms with Crippen LogP contribution in [-0.2, 0) is 9.59 Å². The van der Waals surface area contributed by atoms with Crippen molar-refractivity contribution in [3.8, 4) is 0 Å². The number of carbonyl (C=O) groups is 2. The van der Waals surface area contributed by atoms with Crippen molar-refractivity contribution in [2.75, 3.05) is 40.8 Å². The van der Waals surface area contributed by atoms with Crippen LogP contribution in [0.5, 0.6) is 0 Å². The summed E-state index contributed by atoms with van der Waals surface area (Å²) in [4.78, 5) is 25.2. The monoisotopic (exact) mass is 230 g/mol. The molecule has 0 aromatic rings. The lowest BCUT2D eigenvalue weighted by Crippen LogP contribution is -2.32. The molecule has 0 heterocycles. The van der Waals surface area contributed by atoms with Gasteiger partial charge in [0.2, 0.25) is 0 Å². The van der Waals surface area contributed by atoms with Crippen molar-refractivity contribution in [2.24, 2.45) is 5.92 Å². The van der Waals surface area contributed by atoms with Gasteiger partial charge < -0.3 is 19.7 Å². The Kier molecular flexibility index (Phi) is 7.76. The van der Waals surface area contributed by atoms with Crippen LogP contribution >= 0.6 is 0 Å². The second-order valence-corrected chi connectivity index (χ2v) is 4.36. The first-order valence-electron chi connectivity index (χ1n) is 5.47. The normalized spacial score (nSPS) is 13.1. The molecule has 0 spiro atoms. The van der Waals surface area contributed by atoms with Gasteiger partial charge in [-0.1, -0.05) is 0 Å². The van der Waals surface area contributed by atoms with Crippen LogP contribution in [0.15, 0.2) is 0 Å². The zero-order valence-corrected chi connectivity index (χ0v) is 10.3. The summed E-state index contributed by atoms with van der Waals surface area (Å²) >= 11 is 0. The van der Waals surface area contributed by atoms with Crippen molar-refractivity contribution < 1.29 is 14.7 Å². The van der Waals surface area contributed by atoms with Crippen molar-refractivity contribution in [1.82, 2.24) is 9.80 Å². The summed E-state index contributed by atoms with van der Waals surface area (Å²) in [6, 6.07) is 0.